The molecule has 0 aromatic rings. The van der Waals surface area contributed by atoms with E-state index in [1.54, 1.807) is 0 Å². The first kappa shape index (κ1) is 94.3. The summed E-state index contributed by atoms with van der Waals surface area (Å²) in [6.07, 6.45) is 14.4. The first-order chi connectivity index (χ1) is 43.9. The number of nitrogens with one attached hydrogen (secondary N) is 3. The highest BCUT2D eigenvalue weighted by Gasteiger charge is 2.22. The molecule has 0 saturated carbocycles. The summed E-state index contributed by atoms with van der Waals surface area (Å²) in [4.78, 5) is 16.6. The van der Waals surface area contributed by atoms with Crippen molar-refractivity contribution in [3.05, 3.63) is 0 Å². The molecule has 3 N–H and O–H groups in total. The van der Waals surface area contributed by atoms with Crippen LogP contribution in [-0.2, 0) is 37.9 Å². The summed E-state index contributed by atoms with van der Waals surface area (Å²) in [7, 11) is 14.9. The second-order valence-electron chi connectivity index (χ2n) is 30.9. The van der Waals surface area contributed by atoms with Crippen molar-refractivity contribution in [1.82, 2.24) is 50.2 Å². The molecule has 6 aliphatic heterocycles. The van der Waals surface area contributed by atoms with Gasteiger partial charge in [-0.2, -0.15) is 0 Å². The summed E-state index contributed by atoms with van der Waals surface area (Å²) < 4.78 is 44.1. The minimum absolute atomic E-state index is 0.258. The lowest BCUT2D eigenvalue weighted by Gasteiger charge is -2.32. The zero-order valence-corrected chi connectivity index (χ0v) is 66.5. The molecule has 0 radical (unpaired) electrons. The monoisotopic (exact) mass is 1330 g/mol. The lowest BCUT2D eigenvalue weighted by Crippen LogP contribution is -2.44. The number of hydrogen-bond donors (Lipinski definition) is 3. The molecular weight excluding hydrogens is 1170 g/mol. The summed E-state index contributed by atoms with van der Waals surface area (Å²) in [6.45, 7) is 68.9. The number of ether oxygens (including phenoxy) is 8. The fourth-order valence-electron chi connectivity index (χ4n) is 11.0. The van der Waals surface area contributed by atoms with Gasteiger partial charge in [0.25, 0.3) is 0 Å². The maximum atomic E-state index is 5.60. The molecule has 4 atom stereocenters. The Bertz CT molecular complexity index is 1520. The van der Waals surface area contributed by atoms with Crippen LogP contribution in [0.25, 0.3) is 0 Å². The normalized spacial score (nSPS) is 21.2. The molecule has 0 aliphatic carbocycles. The quantitative estimate of drug-likeness (QED) is 0.0551. The molecular formula is C75H164N10O8. The van der Waals surface area contributed by atoms with Crippen molar-refractivity contribution in [3.8, 4) is 0 Å². The predicted octanol–water partition coefficient (Wildman–Crippen LogP) is 10.7. The Kier molecular flexibility index (Phi) is 62.1. The summed E-state index contributed by atoms with van der Waals surface area (Å²) in [5, 5.41) is 10.0. The van der Waals surface area contributed by atoms with Crippen LogP contribution in [0.15, 0.2) is 0 Å². The molecule has 562 valence electrons. The topological polar surface area (TPSA) is 133 Å². The standard InChI is InChI=1S/C11H24N2O.C10H22N2O.C10H21NO.C10H23NO.2C9H19NO.C8H17NO.C8H19NO/c1-11(2)14-10-4-5-13-8-6-12(3)7-9-13;1-10(2)13-9-3-6-12-7-4-11-5-8-12;1-9(2)12-8-10-5-4-6-11(3)7-10;1-9(2)12-8-10(3,4)7-11(5)6;1-8(2)11-7-9-4-5-10(3)6-9;1-8(2)11-7-9-4-3-5-10-6-9;1-7(2)10-6-8-3-4-9-5-8;1-8(2)10-7-5-6-9(3)4/h11H,4-10H2,1-3H3;10-11H,3-9H2,1-2H3;9-10H,4-8H2,1-3H3;9H,7-8H2,1-6H3;8-9H,4-7H2,1-3H3;8-10H,3-7H2,1-2H3;7-9H,3-6H2,1-2H3;8H,5-7H2,1-4H3. The first-order valence-corrected chi connectivity index (χ1v) is 37.7. The van der Waals surface area contributed by atoms with Gasteiger partial charge in [-0.25, -0.2) is 0 Å². The number of piperazine rings is 2. The average molecular weight is 1330 g/mol. The van der Waals surface area contributed by atoms with Gasteiger partial charge in [0.2, 0.25) is 0 Å². The van der Waals surface area contributed by atoms with E-state index in [9.17, 15) is 0 Å². The third-order valence-electron chi connectivity index (χ3n) is 16.1. The highest BCUT2D eigenvalue weighted by atomic mass is 16.5. The van der Waals surface area contributed by atoms with Gasteiger partial charge in [-0.15, -0.1) is 0 Å². The fraction of sp³-hybridized carbons (Fsp3) is 1.00. The largest absolute Gasteiger partial charge is 0.379 e. The molecule has 6 rings (SSSR count). The van der Waals surface area contributed by atoms with Crippen molar-refractivity contribution >= 4 is 0 Å². The number of hydrogen-bond acceptors (Lipinski definition) is 18. The molecule has 6 aliphatic rings. The Morgan fingerprint density at radius 2 is 0.774 bits per heavy atom. The zero-order chi connectivity index (χ0) is 70.4. The van der Waals surface area contributed by atoms with E-state index < -0.39 is 0 Å². The minimum Gasteiger partial charge on any atom is -0.379 e. The molecule has 6 fully saturated rings. The van der Waals surface area contributed by atoms with E-state index in [0.717, 1.165) is 129 Å². The Balaban J connectivity index is 0. The van der Waals surface area contributed by atoms with Gasteiger partial charge >= 0.3 is 0 Å². The summed E-state index contributed by atoms with van der Waals surface area (Å²) >= 11 is 0. The molecule has 0 aromatic carbocycles. The summed E-state index contributed by atoms with van der Waals surface area (Å²) in [6, 6.07) is 0. The van der Waals surface area contributed by atoms with Gasteiger partial charge in [0, 0.05) is 123 Å². The molecule has 0 spiro atoms. The number of likely N-dealkylation sites (tertiary alicyclic amines) is 2. The molecule has 4 unspecified atom stereocenters. The number of nitrogens with zero attached hydrogens (tertiary/aromatic N) is 7. The Labute approximate surface area is 579 Å². The lowest BCUT2D eigenvalue weighted by atomic mass is 9.94. The summed E-state index contributed by atoms with van der Waals surface area (Å²) in [5.41, 5.74) is 0.258. The molecule has 0 aromatic heterocycles. The van der Waals surface area contributed by atoms with Crippen LogP contribution in [0.1, 0.15) is 182 Å². The SMILES string of the molecule is CC(C)OCC(C)(C)CN(C)C.CC(C)OCC1CCCN(C)C1.CC(C)OCC1CCCNC1.CC(C)OCC1CCN(C)C1.CC(C)OCC1CCNC1.CC(C)OCCCN(C)C.CC(C)OCCCN1CCN(C)CC1.CC(C)OCCCN1CCNCC1. The molecule has 6 heterocycles. The van der Waals surface area contributed by atoms with Crippen molar-refractivity contribution in [3.63, 3.8) is 0 Å². The highest BCUT2D eigenvalue weighted by Crippen LogP contribution is 2.18. The average Bonchev–Trinajstić information content (AvgIpc) is 3.68. The van der Waals surface area contributed by atoms with Crippen LogP contribution < -0.4 is 16.0 Å². The zero-order valence-electron chi connectivity index (χ0n) is 66.5. The van der Waals surface area contributed by atoms with Gasteiger partial charge < -0.3 is 88.1 Å². The molecule has 93 heavy (non-hydrogen) atoms. The predicted molar refractivity (Wildman–Crippen MR) is 399 cm³/mol. The highest BCUT2D eigenvalue weighted by molar-refractivity contribution is 4.75. The number of rotatable bonds is 32. The van der Waals surface area contributed by atoms with Crippen LogP contribution >= 0.6 is 0 Å². The third kappa shape index (κ3) is 68.2. The van der Waals surface area contributed by atoms with Crippen molar-refractivity contribution < 1.29 is 37.9 Å². The second kappa shape index (κ2) is 61.2. The van der Waals surface area contributed by atoms with E-state index >= 15 is 0 Å². The van der Waals surface area contributed by atoms with Crippen LogP contribution in [0.5, 0.6) is 0 Å². The Hall–Kier alpha value is -0.720. The van der Waals surface area contributed by atoms with Crippen molar-refractivity contribution in [2.45, 2.75) is 231 Å². The van der Waals surface area contributed by atoms with Gasteiger partial charge in [-0.3, -0.25) is 0 Å². The maximum Gasteiger partial charge on any atom is 0.0532 e. The Morgan fingerprint density at radius 1 is 0.376 bits per heavy atom. The van der Waals surface area contributed by atoms with Gasteiger partial charge in [-0.1, -0.05) is 13.8 Å². The number of piperidine rings is 2. The van der Waals surface area contributed by atoms with Crippen LogP contribution in [0.2, 0.25) is 0 Å². The van der Waals surface area contributed by atoms with Crippen LogP contribution in [0, 0.1) is 29.1 Å². The van der Waals surface area contributed by atoms with Crippen molar-refractivity contribution in [1.29, 1.82) is 0 Å². The first-order valence-electron chi connectivity index (χ1n) is 37.7. The van der Waals surface area contributed by atoms with Gasteiger partial charge in [0.1, 0.15) is 0 Å². The Morgan fingerprint density at radius 3 is 1.16 bits per heavy atom. The van der Waals surface area contributed by atoms with E-state index in [4.69, 9.17) is 37.9 Å². The molecule has 0 amide bonds. The van der Waals surface area contributed by atoms with E-state index in [1.165, 1.54) is 137 Å². The number of likely N-dealkylation sites (N-methyl/N-ethyl adjacent to an activating group) is 1. The second-order valence-corrected chi connectivity index (χ2v) is 30.9. The third-order valence-corrected chi connectivity index (χ3v) is 16.1. The van der Waals surface area contributed by atoms with Crippen molar-refractivity contribution in [2.24, 2.45) is 29.1 Å². The van der Waals surface area contributed by atoms with Gasteiger partial charge in [-0.05, 0) is 274 Å². The molecule has 6 saturated heterocycles. The fourth-order valence-corrected chi connectivity index (χ4v) is 11.0. The maximum absolute atomic E-state index is 5.60. The molecule has 18 nitrogen and oxygen atoms in total. The minimum atomic E-state index is 0.258. The van der Waals surface area contributed by atoms with E-state index in [1.807, 2.05) is 0 Å². The van der Waals surface area contributed by atoms with E-state index in [0.29, 0.717) is 48.8 Å². The van der Waals surface area contributed by atoms with E-state index in [2.05, 4.69) is 224 Å². The van der Waals surface area contributed by atoms with Crippen LogP contribution in [0.4, 0.5) is 0 Å². The summed E-state index contributed by atoms with van der Waals surface area (Å²) in [5.74, 6) is 3.07. The van der Waals surface area contributed by atoms with Crippen LogP contribution in [-0.4, -0.2) is 316 Å². The molecule has 18 heteroatoms. The van der Waals surface area contributed by atoms with Crippen molar-refractivity contribution in [2.75, 3.05) is 233 Å². The van der Waals surface area contributed by atoms with Crippen LogP contribution in [0.3, 0.4) is 0 Å². The smallest absolute Gasteiger partial charge is 0.0532 e. The van der Waals surface area contributed by atoms with Gasteiger partial charge in [0.15, 0.2) is 0 Å². The molecule has 0 bridgehead atoms. The van der Waals surface area contributed by atoms with E-state index in [-0.39, 0.29) is 5.41 Å². The van der Waals surface area contributed by atoms with Gasteiger partial charge in [0.05, 0.1) is 81.9 Å². The lowest BCUT2D eigenvalue weighted by molar-refractivity contribution is 0.0120.